The highest BCUT2D eigenvalue weighted by Gasteiger charge is 2.30. The summed E-state index contributed by atoms with van der Waals surface area (Å²) in [5.41, 5.74) is 1.66. The van der Waals surface area contributed by atoms with Crippen LogP contribution in [0.5, 0.6) is 0 Å². The van der Waals surface area contributed by atoms with E-state index in [1.807, 2.05) is 11.9 Å². The molecule has 5 nitrogen and oxygen atoms in total. The molecule has 0 spiro atoms. The van der Waals surface area contributed by atoms with Gasteiger partial charge in [-0.3, -0.25) is 9.78 Å². The number of carbonyl (C=O) groups is 1. The van der Waals surface area contributed by atoms with Crippen LogP contribution in [-0.4, -0.2) is 31.4 Å². The monoisotopic (exact) mass is 382 g/mol. The molecule has 0 saturated heterocycles. The van der Waals surface area contributed by atoms with E-state index in [4.69, 9.17) is 0 Å². The number of hydrogen-bond acceptors (Lipinski definition) is 3. The van der Waals surface area contributed by atoms with Gasteiger partial charge in [-0.2, -0.15) is 0 Å². The first-order valence-electron chi connectivity index (χ1n) is 9.21. The van der Waals surface area contributed by atoms with Gasteiger partial charge in [-0.25, -0.2) is 13.8 Å². The summed E-state index contributed by atoms with van der Waals surface area (Å²) in [4.78, 5) is 23.1. The van der Waals surface area contributed by atoms with Crippen molar-refractivity contribution in [3.63, 3.8) is 0 Å². The molecular formula is C21H20F2N4O. The maximum atomic E-state index is 14.1. The third-order valence-corrected chi connectivity index (χ3v) is 5.11. The van der Waals surface area contributed by atoms with E-state index < -0.39 is 11.6 Å². The van der Waals surface area contributed by atoms with Gasteiger partial charge in [-0.05, 0) is 49.1 Å². The van der Waals surface area contributed by atoms with Gasteiger partial charge in [-0.15, -0.1) is 0 Å². The molecule has 0 N–H and O–H groups in total. The van der Waals surface area contributed by atoms with Crippen molar-refractivity contribution in [2.24, 2.45) is 7.05 Å². The normalized spacial score (nSPS) is 14.0. The first-order valence-corrected chi connectivity index (χ1v) is 9.21. The van der Waals surface area contributed by atoms with Crippen LogP contribution in [0.4, 0.5) is 8.78 Å². The highest BCUT2D eigenvalue weighted by molar-refractivity contribution is 5.92. The molecular weight excluding hydrogens is 362 g/mol. The van der Waals surface area contributed by atoms with Crippen molar-refractivity contribution in [3.8, 4) is 11.3 Å². The molecule has 1 fully saturated rings. The minimum Gasteiger partial charge on any atom is -0.340 e. The van der Waals surface area contributed by atoms with E-state index in [0.717, 1.165) is 30.9 Å². The van der Waals surface area contributed by atoms with Crippen molar-refractivity contribution in [1.29, 1.82) is 0 Å². The molecule has 2 aromatic heterocycles. The molecule has 2 heterocycles. The number of aromatic nitrogens is 3. The number of aryl methyl sites for hydroxylation is 1. The van der Waals surface area contributed by atoms with E-state index >= 15 is 0 Å². The predicted molar refractivity (Wildman–Crippen MR) is 100 cm³/mol. The minimum atomic E-state index is -0.924. The third-order valence-electron chi connectivity index (χ3n) is 5.11. The summed E-state index contributed by atoms with van der Waals surface area (Å²) in [6.07, 6.45) is 7.85. The summed E-state index contributed by atoms with van der Waals surface area (Å²) in [5, 5.41) is 0. The van der Waals surface area contributed by atoms with E-state index in [2.05, 4.69) is 9.97 Å². The fraction of sp³-hybridized carbons (Fsp3) is 0.286. The molecule has 4 rings (SSSR count). The molecule has 0 atom stereocenters. The van der Waals surface area contributed by atoms with Gasteiger partial charge >= 0.3 is 0 Å². The van der Waals surface area contributed by atoms with Crippen LogP contribution in [0.1, 0.15) is 35.3 Å². The SMILES string of the molecule is Cn1cnc(C(=O)N(Cc2ccnc(-c3cccc(F)c3F)c2)C2CCC2)c1. The zero-order valence-electron chi connectivity index (χ0n) is 15.5. The lowest BCUT2D eigenvalue weighted by atomic mass is 9.90. The van der Waals surface area contributed by atoms with Crippen LogP contribution in [0.15, 0.2) is 49.1 Å². The molecule has 0 bridgehead atoms. The molecule has 1 aliphatic carbocycles. The third kappa shape index (κ3) is 3.52. The molecule has 144 valence electrons. The number of carbonyl (C=O) groups excluding carboxylic acids is 1. The van der Waals surface area contributed by atoms with Crippen molar-refractivity contribution >= 4 is 5.91 Å². The van der Waals surface area contributed by atoms with E-state index in [9.17, 15) is 13.6 Å². The Balaban J connectivity index is 1.62. The Bertz CT molecular complexity index is 1010. The van der Waals surface area contributed by atoms with Gasteiger partial charge in [0.15, 0.2) is 11.6 Å². The molecule has 0 aliphatic heterocycles. The van der Waals surface area contributed by atoms with Gasteiger partial charge in [0.05, 0.1) is 12.0 Å². The van der Waals surface area contributed by atoms with Gasteiger partial charge in [0.2, 0.25) is 0 Å². The van der Waals surface area contributed by atoms with E-state index in [1.54, 1.807) is 35.4 Å². The summed E-state index contributed by atoms with van der Waals surface area (Å²) < 4.78 is 29.4. The first-order chi connectivity index (χ1) is 13.5. The number of hydrogen-bond donors (Lipinski definition) is 0. The Morgan fingerprint density at radius 1 is 1.25 bits per heavy atom. The second-order valence-corrected chi connectivity index (χ2v) is 7.09. The zero-order chi connectivity index (χ0) is 19.7. The molecule has 1 aromatic carbocycles. The zero-order valence-corrected chi connectivity index (χ0v) is 15.5. The van der Waals surface area contributed by atoms with Gasteiger partial charge in [-0.1, -0.05) is 6.07 Å². The maximum absolute atomic E-state index is 14.1. The molecule has 0 radical (unpaired) electrons. The van der Waals surface area contributed by atoms with Crippen LogP contribution < -0.4 is 0 Å². The van der Waals surface area contributed by atoms with Crippen LogP contribution in [0.25, 0.3) is 11.3 Å². The number of halogens is 2. The number of nitrogens with zero attached hydrogens (tertiary/aromatic N) is 4. The van der Waals surface area contributed by atoms with Gasteiger partial charge in [0.1, 0.15) is 5.69 Å². The van der Waals surface area contributed by atoms with Crippen LogP contribution in [0.3, 0.4) is 0 Å². The standard InChI is InChI=1S/C21H20F2N4O/c1-26-12-19(25-13-26)21(28)27(15-4-2-5-15)11-14-8-9-24-18(10-14)16-6-3-7-17(22)20(16)23/h3,6-10,12-13,15H,2,4-5,11H2,1H3. The summed E-state index contributed by atoms with van der Waals surface area (Å²) in [6, 6.07) is 7.68. The molecule has 3 aromatic rings. The quantitative estimate of drug-likeness (QED) is 0.671. The number of benzene rings is 1. The smallest absolute Gasteiger partial charge is 0.274 e. The molecule has 1 amide bonds. The number of rotatable bonds is 5. The van der Waals surface area contributed by atoms with E-state index in [0.29, 0.717) is 17.9 Å². The fourth-order valence-corrected chi connectivity index (χ4v) is 3.35. The van der Waals surface area contributed by atoms with Crippen molar-refractivity contribution in [2.45, 2.75) is 31.8 Å². The highest BCUT2D eigenvalue weighted by atomic mass is 19.2. The van der Waals surface area contributed by atoms with Crippen LogP contribution >= 0.6 is 0 Å². The Morgan fingerprint density at radius 3 is 2.75 bits per heavy atom. The first kappa shape index (κ1) is 18.3. The topological polar surface area (TPSA) is 51.0 Å². The molecule has 7 heteroatoms. The van der Waals surface area contributed by atoms with E-state index in [1.165, 1.54) is 12.1 Å². The molecule has 1 saturated carbocycles. The van der Waals surface area contributed by atoms with Crippen LogP contribution in [0.2, 0.25) is 0 Å². The number of amides is 1. The van der Waals surface area contributed by atoms with Gasteiger partial charge in [0, 0.05) is 37.6 Å². The Hall–Kier alpha value is -3.09. The van der Waals surface area contributed by atoms with Crippen molar-refractivity contribution in [3.05, 3.63) is 71.9 Å². The number of pyridine rings is 1. The average molecular weight is 382 g/mol. The van der Waals surface area contributed by atoms with Gasteiger partial charge < -0.3 is 9.47 Å². The second kappa shape index (κ2) is 7.50. The Kier molecular flexibility index (Phi) is 4.90. The minimum absolute atomic E-state index is 0.105. The van der Waals surface area contributed by atoms with Crippen LogP contribution in [-0.2, 0) is 13.6 Å². The van der Waals surface area contributed by atoms with E-state index in [-0.39, 0.29) is 17.5 Å². The lowest BCUT2D eigenvalue weighted by Gasteiger charge is -2.37. The maximum Gasteiger partial charge on any atom is 0.274 e. The lowest BCUT2D eigenvalue weighted by molar-refractivity contribution is 0.0551. The molecule has 28 heavy (non-hydrogen) atoms. The lowest BCUT2D eigenvalue weighted by Crippen LogP contribution is -2.43. The molecule has 0 unspecified atom stereocenters. The van der Waals surface area contributed by atoms with Crippen molar-refractivity contribution in [2.75, 3.05) is 0 Å². The summed E-state index contributed by atoms with van der Waals surface area (Å²) in [5.74, 6) is -1.96. The van der Waals surface area contributed by atoms with Crippen molar-refractivity contribution < 1.29 is 13.6 Å². The largest absolute Gasteiger partial charge is 0.340 e. The summed E-state index contributed by atoms with van der Waals surface area (Å²) in [7, 11) is 1.82. The highest BCUT2D eigenvalue weighted by Crippen LogP contribution is 2.29. The Labute approximate surface area is 161 Å². The number of imidazole rings is 1. The van der Waals surface area contributed by atoms with Crippen LogP contribution in [0, 0.1) is 11.6 Å². The summed E-state index contributed by atoms with van der Waals surface area (Å²) in [6.45, 7) is 0.368. The Morgan fingerprint density at radius 2 is 2.07 bits per heavy atom. The second-order valence-electron chi connectivity index (χ2n) is 7.09. The van der Waals surface area contributed by atoms with Gasteiger partial charge in [0.25, 0.3) is 5.91 Å². The summed E-state index contributed by atoms with van der Waals surface area (Å²) >= 11 is 0. The average Bonchev–Trinajstić information content (AvgIpc) is 3.08. The molecule has 1 aliphatic rings. The fourth-order valence-electron chi connectivity index (χ4n) is 3.35. The predicted octanol–water partition coefficient (Wildman–Crippen LogP) is 3.96. The van der Waals surface area contributed by atoms with Crippen molar-refractivity contribution in [1.82, 2.24) is 19.4 Å².